The van der Waals surface area contributed by atoms with E-state index in [0.29, 0.717) is 0 Å². The summed E-state index contributed by atoms with van der Waals surface area (Å²) in [6, 6.07) is 1.99. The summed E-state index contributed by atoms with van der Waals surface area (Å²) >= 11 is 0. The third kappa shape index (κ3) is 1.39. The maximum Gasteiger partial charge on any atom is 0.177 e. The summed E-state index contributed by atoms with van der Waals surface area (Å²) in [5.41, 5.74) is 3.11. The third-order valence-corrected chi connectivity index (χ3v) is 2.31. The predicted molar refractivity (Wildman–Crippen MR) is 57.3 cm³/mol. The van der Waals surface area contributed by atoms with Gasteiger partial charge in [-0.1, -0.05) is 20.8 Å². The number of nitrogens with zero attached hydrogens (tertiary/aromatic N) is 2. The Bertz CT molecular complexity index is 463. The van der Waals surface area contributed by atoms with Crippen LogP contribution in [0.5, 0.6) is 0 Å². The molecule has 0 saturated heterocycles. The van der Waals surface area contributed by atoms with Gasteiger partial charge in [-0.2, -0.15) is 0 Å². The molecule has 0 radical (unpaired) electrons. The summed E-state index contributed by atoms with van der Waals surface area (Å²) < 4.78 is 0. The summed E-state index contributed by atoms with van der Waals surface area (Å²) in [6.45, 7) is 8.48. The van der Waals surface area contributed by atoms with E-state index < -0.39 is 0 Å². The molecule has 3 heteroatoms. The molecule has 0 fully saturated rings. The Morgan fingerprint density at radius 3 is 2.57 bits per heavy atom. The molecule has 2 heterocycles. The fourth-order valence-electron chi connectivity index (χ4n) is 1.39. The summed E-state index contributed by atoms with van der Waals surface area (Å²) in [5.74, 6) is 0.995. The molecule has 0 aliphatic carbocycles. The van der Waals surface area contributed by atoms with Crippen LogP contribution in [-0.2, 0) is 5.41 Å². The zero-order valence-corrected chi connectivity index (χ0v) is 9.05. The SMILES string of the molecule is Cc1ccnc2nc(C(C)(C)C)[nH]c12. The smallest absolute Gasteiger partial charge is 0.177 e. The Morgan fingerprint density at radius 2 is 2.00 bits per heavy atom. The van der Waals surface area contributed by atoms with Gasteiger partial charge >= 0.3 is 0 Å². The highest BCUT2D eigenvalue weighted by molar-refractivity contribution is 5.74. The highest BCUT2D eigenvalue weighted by Gasteiger charge is 2.18. The van der Waals surface area contributed by atoms with Crippen LogP contribution >= 0.6 is 0 Å². The molecular formula is C11H15N3. The Labute approximate surface area is 83.6 Å². The van der Waals surface area contributed by atoms with Crippen molar-refractivity contribution in [3.05, 3.63) is 23.7 Å². The maximum atomic E-state index is 4.48. The van der Waals surface area contributed by atoms with Crippen LogP contribution in [0.15, 0.2) is 12.3 Å². The van der Waals surface area contributed by atoms with Crippen LogP contribution in [0.4, 0.5) is 0 Å². The second-order valence-electron chi connectivity index (χ2n) is 4.66. The molecule has 14 heavy (non-hydrogen) atoms. The van der Waals surface area contributed by atoms with Crippen molar-refractivity contribution in [2.45, 2.75) is 33.1 Å². The number of pyridine rings is 1. The van der Waals surface area contributed by atoms with Crippen molar-refractivity contribution in [1.29, 1.82) is 0 Å². The van der Waals surface area contributed by atoms with E-state index in [0.717, 1.165) is 17.0 Å². The van der Waals surface area contributed by atoms with Crippen LogP contribution < -0.4 is 0 Å². The van der Waals surface area contributed by atoms with Crippen LogP contribution in [0, 0.1) is 6.92 Å². The number of aromatic nitrogens is 3. The van der Waals surface area contributed by atoms with E-state index in [1.807, 2.05) is 6.07 Å². The number of hydrogen-bond acceptors (Lipinski definition) is 2. The lowest BCUT2D eigenvalue weighted by molar-refractivity contribution is 0.554. The molecule has 0 aromatic carbocycles. The van der Waals surface area contributed by atoms with Crippen LogP contribution in [0.2, 0.25) is 0 Å². The van der Waals surface area contributed by atoms with Gasteiger partial charge in [0.1, 0.15) is 5.82 Å². The average Bonchev–Trinajstić information content (AvgIpc) is 2.48. The molecule has 2 rings (SSSR count). The molecule has 0 amide bonds. The first kappa shape index (κ1) is 9.19. The second kappa shape index (κ2) is 2.80. The van der Waals surface area contributed by atoms with Crippen LogP contribution in [0.1, 0.15) is 32.2 Å². The largest absolute Gasteiger partial charge is 0.340 e. The molecule has 2 aromatic rings. The number of hydrogen-bond donors (Lipinski definition) is 1. The number of aromatic amines is 1. The van der Waals surface area contributed by atoms with E-state index in [-0.39, 0.29) is 5.41 Å². The van der Waals surface area contributed by atoms with E-state index in [1.165, 1.54) is 5.56 Å². The monoisotopic (exact) mass is 189 g/mol. The van der Waals surface area contributed by atoms with Crippen molar-refractivity contribution in [3.63, 3.8) is 0 Å². The van der Waals surface area contributed by atoms with Gasteiger partial charge in [-0.15, -0.1) is 0 Å². The highest BCUT2D eigenvalue weighted by Crippen LogP contribution is 2.22. The second-order valence-corrected chi connectivity index (χ2v) is 4.66. The summed E-state index contributed by atoms with van der Waals surface area (Å²) in [7, 11) is 0. The first-order chi connectivity index (χ1) is 6.48. The van der Waals surface area contributed by atoms with Gasteiger partial charge in [-0.25, -0.2) is 9.97 Å². The quantitative estimate of drug-likeness (QED) is 0.692. The number of aryl methyl sites for hydroxylation is 1. The Balaban J connectivity index is 2.69. The highest BCUT2D eigenvalue weighted by atomic mass is 15.0. The molecule has 0 spiro atoms. The average molecular weight is 189 g/mol. The lowest BCUT2D eigenvalue weighted by Gasteiger charge is -2.13. The number of H-pyrrole nitrogens is 1. The number of rotatable bonds is 0. The van der Waals surface area contributed by atoms with Crippen molar-refractivity contribution in [2.75, 3.05) is 0 Å². The minimum absolute atomic E-state index is 0.0487. The van der Waals surface area contributed by atoms with Crippen LogP contribution in [-0.4, -0.2) is 15.0 Å². The van der Waals surface area contributed by atoms with Crippen molar-refractivity contribution in [3.8, 4) is 0 Å². The van der Waals surface area contributed by atoms with E-state index in [1.54, 1.807) is 6.20 Å². The fraction of sp³-hybridized carbons (Fsp3) is 0.455. The molecular weight excluding hydrogens is 174 g/mol. The third-order valence-electron chi connectivity index (χ3n) is 2.31. The fourth-order valence-corrected chi connectivity index (χ4v) is 1.39. The van der Waals surface area contributed by atoms with Crippen LogP contribution in [0.3, 0.4) is 0 Å². The first-order valence-corrected chi connectivity index (χ1v) is 4.80. The molecule has 0 saturated carbocycles. The van der Waals surface area contributed by atoms with E-state index in [2.05, 4.69) is 42.6 Å². The van der Waals surface area contributed by atoms with Gasteiger partial charge < -0.3 is 4.98 Å². The molecule has 0 unspecified atom stereocenters. The number of fused-ring (bicyclic) bond motifs is 1. The zero-order valence-electron chi connectivity index (χ0n) is 9.05. The van der Waals surface area contributed by atoms with E-state index >= 15 is 0 Å². The molecule has 3 nitrogen and oxygen atoms in total. The Hall–Kier alpha value is -1.38. The summed E-state index contributed by atoms with van der Waals surface area (Å²) in [6.07, 6.45) is 1.80. The standard InChI is InChI=1S/C11H15N3/c1-7-5-6-12-9-8(7)13-10(14-9)11(2,3)4/h5-6H,1-4H3,(H,12,13,14). The van der Waals surface area contributed by atoms with Gasteiger partial charge in [-0.3, -0.25) is 0 Å². The van der Waals surface area contributed by atoms with E-state index in [9.17, 15) is 0 Å². The molecule has 0 aliphatic heterocycles. The lowest BCUT2D eigenvalue weighted by atomic mass is 9.96. The molecule has 0 atom stereocenters. The van der Waals surface area contributed by atoms with Gasteiger partial charge in [0.25, 0.3) is 0 Å². The topological polar surface area (TPSA) is 41.6 Å². The normalized spacial score (nSPS) is 12.3. The van der Waals surface area contributed by atoms with E-state index in [4.69, 9.17) is 0 Å². The Kier molecular flexibility index (Phi) is 1.84. The summed E-state index contributed by atoms with van der Waals surface area (Å²) in [4.78, 5) is 12.0. The lowest BCUT2D eigenvalue weighted by Crippen LogP contribution is -2.13. The van der Waals surface area contributed by atoms with Gasteiger partial charge in [0.15, 0.2) is 5.65 Å². The van der Waals surface area contributed by atoms with Gasteiger partial charge in [0, 0.05) is 11.6 Å². The minimum Gasteiger partial charge on any atom is -0.340 e. The van der Waals surface area contributed by atoms with Crippen molar-refractivity contribution >= 4 is 11.2 Å². The molecule has 0 aliphatic rings. The van der Waals surface area contributed by atoms with Crippen molar-refractivity contribution in [1.82, 2.24) is 15.0 Å². The van der Waals surface area contributed by atoms with Gasteiger partial charge in [0.05, 0.1) is 5.52 Å². The van der Waals surface area contributed by atoms with Gasteiger partial charge in [0.2, 0.25) is 0 Å². The molecule has 2 aromatic heterocycles. The Morgan fingerprint density at radius 1 is 1.29 bits per heavy atom. The predicted octanol–water partition coefficient (Wildman–Crippen LogP) is 2.56. The maximum absolute atomic E-state index is 4.48. The number of nitrogens with one attached hydrogen (secondary N) is 1. The molecule has 74 valence electrons. The first-order valence-electron chi connectivity index (χ1n) is 4.80. The summed E-state index contributed by atoms with van der Waals surface area (Å²) in [5, 5.41) is 0. The molecule has 0 bridgehead atoms. The zero-order chi connectivity index (χ0) is 10.3. The van der Waals surface area contributed by atoms with Crippen molar-refractivity contribution in [2.24, 2.45) is 0 Å². The number of imidazole rings is 1. The van der Waals surface area contributed by atoms with Gasteiger partial charge in [-0.05, 0) is 18.6 Å². The minimum atomic E-state index is 0.0487. The van der Waals surface area contributed by atoms with Crippen molar-refractivity contribution < 1.29 is 0 Å². The molecule has 1 N–H and O–H groups in total. The van der Waals surface area contributed by atoms with Crippen LogP contribution in [0.25, 0.3) is 11.2 Å².